The summed E-state index contributed by atoms with van der Waals surface area (Å²) in [6.45, 7) is 1.65. The van der Waals surface area contributed by atoms with Gasteiger partial charge in [0, 0.05) is 0 Å². The number of carboxylic acids is 1. The van der Waals surface area contributed by atoms with Crippen molar-refractivity contribution in [3.8, 4) is 0 Å². The van der Waals surface area contributed by atoms with E-state index >= 15 is 0 Å². The van der Waals surface area contributed by atoms with Crippen LogP contribution in [0.2, 0.25) is 0 Å². The van der Waals surface area contributed by atoms with Gasteiger partial charge in [0.2, 0.25) is 5.91 Å². The highest BCUT2D eigenvalue weighted by Gasteiger charge is 2.23. The highest BCUT2D eigenvalue weighted by atomic mass is 16.4. The molecule has 1 heterocycles. The summed E-state index contributed by atoms with van der Waals surface area (Å²) in [5, 5.41) is 10.9. The molecule has 1 atom stereocenters. The average Bonchev–Trinajstić information content (AvgIpc) is 2.63. The number of rotatable bonds is 5. The minimum absolute atomic E-state index is 0.0155. The minimum Gasteiger partial charge on any atom is -0.480 e. The van der Waals surface area contributed by atoms with Gasteiger partial charge in [0.25, 0.3) is 5.91 Å². The van der Waals surface area contributed by atoms with Crippen molar-refractivity contribution in [3.05, 3.63) is 23.7 Å². The van der Waals surface area contributed by atoms with E-state index in [0.717, 1.165) is 0 Å². The van der Waals surface area contributed by atoms with Crippen molar-refractivity contribution in [2.45, 2.75) is 19.4 Å². The monoisotopic (exact) mass is 240 g/mol. The number of hydrogen-bond acceptors (Lipinski definition) is 4. The number of primary amides is 1. The van der Waals surface area contributed by atoms with E-state index in [0.29, 0.717) is 5.76 Å². The lowest BCUT2D eigenvalue weighted by Gasteiger charge is -2.11. The Hall–Kier alpha value is -2.31. The second kappa shape index (κ2) is 5.15. The molecule has 0 saturated carbocycles. The van der Waals surface area contributed by atoms with E-state index in [4.69, 9.17) is 15.3 Å². The van der Waals surface area contributed by atoms with Gasteiger partial charge < -0.3 is 20.6 Å². The molecule has 92 valence electrons. The second-order valence-corrected chi connectivity index (χ2v) is 3.45. The van der Waals surface area contributed by atoms with Gasteiger partial charge in [0.15, 0.2) is 5.76 Å². The van der Waals surface area contributed by atoms with Crippen LogP contribution in [-0.4, -0.2) is 28.9 Å². The fraction of sp³-hybridized carbons (Fsp3) is 0.300. The summed E-state index contributed by atoms with van der Waals surface area (Å²) in [5.74, 6) is -2.34. The number of carbonyl (C=O) groups excluding carboxylic acids is 2. The molecule has 0 fully saturated rings. The van der Waals surface area contributed by atoms with Crippen LogP contribution in [0.5, 0.6) is 0 Å². The number of aryl methyl sites for hydroxylation is 1. The summed E-state index contributed by atoms with van der Waals surface area (Å²) in [6.07, 6.45) is -0.471. The Kier molecular flexibility index (Phi) is 3.86. The normalized spacial score (nSPS) is 11.8. The topological polar surface area (TPSA) is 123 Å². The van der Waals surface area contributed by atoms with Crippen LogP contribution in [0, 0.1) is 6.92 Å². The Morgan fingerprint density at radius 1 is 1.47 bits per heavy atom. The predicted octanol–water partition coefficient (Wildman–Crippen LogP) is -0.354. The van der Waals surface area contributed by atoms with Crippen molar-refractivity contribution in [1.29, 1.82) is 0 Å². The molecule has 1 aromatic rings. The number of furan rings is 1. The van der Waals surface area contributed by atoms with E-state index in [9.17, 15) is 14.4 Å². The van der Waals surface area contributed by atoms with Gasteiger partial charge >= 0.3 is 5.97 Å². The lowest BCUT2D eigenvalue weighted by Crippen LogP contribution is -2.43. The van der Waals surface area contributed by atoms with Crippen molar-refractivity contribution >= 4 is 17.8 Å². The Labute approximate surface area is 96.6 Å². The molecule has 7 nitrogen and oxygen atoms in total. The quantitative estimate of drug-likeness (QED) is 0.649. The van der Waals surface area contributed by atoms with Crippen LogP contribution in [-0.2, 0) is 9.59 Å². The third kappa shape index (κ3) is 3.63. The van der Waals surface area contributed by atoms with Gasteiger partial charge in [-0.3, -0.25) is 9.59 Å². The third-order valence-corrected chi connectivity index (χ3v) is 1.97. The molecule has 17 heavy (non-hydrogen) atoms. The van der Waals surface area contributed by atoms with Crippen LogP contribution >= 0.6 is 0 Å². The van der Waals surface area contributed by atoms with Crippen molar-refractivity contribution in [2.75, 3.05) is 0 Å². The van der Waals surface area contributed by atoms with Crippen LogP contribution in [0.3, 0.4) is 0 Å². The van der Waals surface area contributed by atoms with Crippen LogP contribution < -0.4 is 11.1 Å². The largest absolute Gasteiger partial charge is 0.480 e. The Bertz CT molecular complexity index is 451. The van der Waals surface area contributed by atoms with Crippen molar-refractivity contribution in [2.24, 2.45) is 5.73 Å². The first kappa shape index (κ1) is 12.8. The molecule has 2 amide bonds. The van der Waals surface area contributed by atoms with Gasteiger partial charge in [0.05, 0.1) is 6.42 Å². The molecular formula is C10H12N2O5. The number of amides is 2. The van der Waals surface area contributed by atoms with E-state index < -0.39 is 30.2 Å². The highest BCUT2D eigenvalue weighted by Crippen LogP contribution is 2.06. The maximum atomic E-state index is 11.5. The maximum Gasteiger partial charge on any atom is 0.326 e. The van der Waals surface area contributed by atoms with Crippen LogP contribution in [0.1, 0.15) is 22.7 Å². The zero-order valence-electron chi connectivity index (χ0n) is 9.10. The van der Waals surface area contributed by atoms with Crippen LogP contribution in [0.25, 0.3) is 0 Å². The molecule has 1 aromatic heterocycles. The predicted molar refractivity (Wildman–Crippen MR) is 56.1 cm³/mol. The minimum atomic E-state index is -1.36. The summed E-state index contributed by atoms with van der Waals surface area (Å²) in [4.78, 5) is 32.9. The lowest BCUT2D eigenvalue weighted by atomic mass is 10.2. The standard InChI is InChI=1S/C10H12N2O5/c1-5-2-3-7(17-5)9(14)12-6(10(15)16)4-8(11)13/h2-3,6H,4H2,1H3,(H2,11,13)(H,12,14)(H,15,16). The Morgan fingerprint density at radius 2 is 2.12 bits per heavy atom. The Balaban J connectivity index is 2.70. The Morgan fingerprint density at radius 3 is 2.53 bits per heavy atom. The first-order chi connectivity index (χ1) is 7.90. The first-order valence-corrected chi connectivity index (χ1v) is 4.78. The fourth-order valence-electron chi connectivity index (χ4n) is 1.19. The molecule has 4 N–H and O–H groups in total. The van der Waals surface area contributed by atoms with Gasteiger partial charge in [-0.2, -0.15) is 0 Å². The number of aliphatic carboxylic acids is 1. The number of nitrogens with one attached hydrogen (secondary N) is 1. The molecule has 0 aliphatic rings. The molecule has 0 spiro atoms. The van der Waals surface area contributed by atoms with Gasteiger partial charge in [-0.05, 0) is 19.1 Å². The van der Waals surface area contributed by atoms with E-state index in [-0.39, 0.29) is 5.76 Å². The van der Waals surface area contributed by atoms with Gasteiger partial charge in [-0.25, -0.2) is 4.79 Å². The molecule has 0 aliphatic carbocycles. The summed E-state index contributed by atoms with van der Waals surface area (Å²) in [5.41, 5.74) is 4.87. The molecule has 7 heteroatoms. The van der Waals surface area contributed by atoms with Gasteiger partial charge in [-0.15, -0.1) is 0 Å². The lowest BCUT2D eigenvalue weighted by molar-refractivity contribution is -0.140. The second-order valence-electron chi connectivity index (χ2n) is 3.45. The number of carboxylic acid groups (broad SMARTS) is 1. The first-order valence-electron chi connectivity index (χ1n) is 4.78. The molecule has 0 radical (unpaired) electrons. The van der Waals surface area contributed by atoms with Crippen molar-refractivity contribution in [1.82, 2.24) is 5.32 Å². The van der Waals surface area contributed by atoms with Crippen molar-refractivity contribution < 1.29 is 23.9 Å². The van der Waals surface area contributed by atoms with Gasteiger partial charge in [-0.1, -0.05) is 0 Å². The smallest absolute Gasteiger partial charge is 0.326 e. The number of hydrogen-bond donors (Lipinski definition) is 3. The summed E-state index contributed by atoms with van der Waals surface area (Å²) in [7, 11) is 0. The SMILES string of the molecule is Cc1ccc(C(=O)NC(CC(N)=O)C(=O)O)o1. The number of carbonyl (C=O) groups is 3. The van der Waals surface area contributed by atoms with E-state index in [1.54, 1.807) is 13.0 Å². The average molecular weight is 240 g/mol. The fourth-order valence-corrected chi connectivity index (χ4v) is 1.19. The molecule has 0 aromatic carbocycles. The molecule has 1 rings (SSSR count). The third-order valence-electron chi connectivity index (χ3n) is 1.97. The van der Waals surface area contributed by atoms with E-state index in [1.165, 1.54) is 6.07 Å². The summed E-state index contributed by atoms with van der Waals surface area (Å²) in [6, 6.07) is 1.62. The van der Waals surface area contributed by atoms with Crippen LogP contribution in [0.4, 0.5) is 0 Å². The molecule has 0 saturated heterocycles. The van der Waals surface area contributed by atoms with Crippen LogP contribution in [0.15, 0.2) is 16.5 Å². The maximum absolute atomic E-state index is 11.5. The highest BCUT2D eigenvalue weighted by molar-refractivity contribution is 5.95. The molecule has 0 aliphatic heterocycles. The van der Waals surface area contributed by atoms with E-state index in [1.807, 2.05) is 0 Å². The van der Waals surface area contributed by atoms with E-state index in [2.05, 4.69) is 5.32 Å². The van der Waals surface area contributed by atoms with Crippen molar-refractivity contribution in [3.63, 3.8) is 0 Å². The zero-order valence-corrected chi connectivity index (χ0v) is 9.10. The molecule has 1 unspecified atom stereocenters. The summed E-state index contributed by atoms with van der Waals surface area (Å²) < 4.78 is 5.01. The number of nitrogens with two attached hydrogens (primary N) is 1. The van der Waals surface area contributed by atoms with Gasteiger partial charge in [0.1, 0.15) is 11.8 Å². The summed E-state index contributed by atoms with van der Waals surface area (Å²) >= 11 is 0. The zero-order chi connectivity index (χ0) is 13.0. The molecular weight excluding hydrogens is 228 g/mol. The molecule has 0 bridgehead atoms.